The number of hydrogen-bond donors (Lipinski definition) is 1. The van der Waals surface area contributed by atoms with Gasteiger partial charge in [0.25, 0.3) is 0 Å². The molecule has 0 aliphatic heterocycles. The van der Waals surface area contributed by atoms with Gasteiger partial charge in [0.05, 0.1) is 12.2 Å². The van der Waals surface area contributed by atoms with Gasteiger partial charge >= 0.3 is 0 Å². The van der Waals surface area contributed by atoms with Gasteiger partial charge in [0.1, 0.15) is 6.10 Å². The maximum absolute atomic E-state index is 10.0. The summed E-state index contributed by atoms with van der Waals surface area (Å²) in [5.74, 6) is 0. The fourth-order valence-corrected chi connectivity index (χ4v) is 1.89. The van der Waals surface area contributed by atoms with Crippen molar-refractivity contribution >= 4 is 0 Å². The van der Waals surface area contributed by atoms with Crippen LogP contribution in [0, 0.1) is 0 Å². The molecule has 1 aliphatic carbocycles. The van der Waals surface area contributed by atoms with Crippen molar-refractivity contribution in [1.29, 1.82) is 0 Å². The summed E-state index contributed by atoms with van der Waals surface area (Å²) in [5.41, 5.74) is 1.46. The van der Waals surface area contributed by atoms with Crippen LogP contribution in [-0.2, 0) is 15.1 Å². The van der Waals surface area contributed by atoms with Crippen molar-refractivity contribution in [3.63, 3.8) is 0 Å². The largest absolute Gasteiger partial charge is 0.385 e. The van der Waals surface area contributed by atoms with Crippen molar-refractivity contribution in [2.24, 2.45) is 0 Å². The van der Waals surface area contributed by atoms with Gasteiger partial charge in [-0.15, -0.1) is 0 Å². The fraction of sp³-hybridized carbons (Fsp3) is 0.538. The monoisotopic (exact) mass is 222 g/mol. The van der Waals surface area contributed by atoms with E-state index in [0.717, 1.165) is 24.0 Å². The van der Waals surface area contributed by atoms with E-state index in [2.05, 4.69) is 0 Å². The van der Waals surface area contributed by atoms with Crippen LogP contribution in [0.2, 0.25) is 0 Å². The molecule has 0 saturated heterocycles. The van der Waals surface area contributed by atoms with Crippen LogP contribution in [0.3, 0.4) is 0 Å². The van der Waals surface area contributed by atoms with Crippen molar-refractivity contribution in [3.05, 3.63) is 35.4 Å². The lowest BCUT2D eigenvalue weighted by Crippen LogP contribution is -2.11. The van der Waals surface area contributed by atoms with E-state index in [9.17, 15) is 5.11 Å². The second-order valence-corrected chi connectivity index (χ2v) is 4.34. The molecular weight excluding hydrogens is 204 g/mol. The highest BCUT2D eigenvalue weighted by Gasteiger charge is 2.42. The van der Waals surface area contributed by atoms with Crippen molar-refractivity contribution in [2.75, 3.05) is 20.8 Å². The van der Waals surface area contributed by atoms with E-state index in [-0.39, 0.29) is 6.10 Å². The molecule has 0 aromatic heterocycles. The standard InChI is InChI=1S/C13H18O3/c1-15-9-12(16-2)10-4-3-5-11(8-10)13(14)6-7-13/h3-5,8,12,14H,6-7,9H2,1-2H3. The average molecular weight is 222 g/mol. The van der Waals surface area contributed by atoms with E-state index < -0.39 is 5.60 Å². The molecule has 1 fully saturated rings. The lowest BCUT2D eigenvalue weighted by molar-refractivity contribution is 0.0272. The first-order valence-corrected chi connectivity index (χ1v) is 5.54. The van der Waals surface area contributed by atoms with E-state index in [1.165, 1.54) is 0 Å². The molecule has 1 saturated carbocycles. The zero-order chi connectivity index (χ0) is 11.6. The Labute approximate surface area is 96.0 Å². The first kappa shape index (κ1) is 11.6. The molecule has 2 rings (SSSR count). The SMILES string of the molecule is COCC(OC)c1cccc(C2(O)CC2)c1. The molecule has 1 atom stereocenters. The molecule has 1 aromatic rings. The Morgan fingerprint density at radius 1 is 1.38 bits per heavy atom. The van der Waals surface area contributed by atoms with E-state index in [1.54, 1.807) is 14.2 Å². The van der Waals surface area contributed by atoms with Gasteiger partial charge in [-0.2, -0.15) is 0 Å². The zero-order valence-corrected chi connectivity index (χ0v) is 9.77. The predicted molar refractivity (Wildman–Crippen MR) is 61.2 cm³/mol. The molecule has 0 bridgehead atoms. The minimum absolute atomic E-state index is 0.0627. The highest BCUT2D eigenvalue weighted by Crippen LogP contribution is 2.45. The number of benzene rings is 1. The number of ether oxygens (including phenoxy) is 2. The number of aliphatic hydroxyl groups is 1. The molecule has 0 spiro atoms. The van der Waals surface area contributed by atoms with Crippen molar-refractivity contribution in [3.8, 4) is 0 Å². The molecule has 1 N–H and O–H groups in total. The van der Waals surface area contributed by atoms with E-state index in [0.29, 0.717) is 6.61 Å². The normalized spacial score (nSPS) is 19.4. The fourth-order valence-electron chi connectivity index (χ4n) is 1.89. The molecule has 0 amide bonds. The minimum Gasteiger partial charge on any atom is -0.385 e. The molecule has 0 heterocycles. The van der Waals surface area contributed by atoms with Gasteiger partial charge in [-0.3, -0.25) is 0 Å². The van der Waals surface area contributed by atoms with E-state index >= 15 is 0 Å². The molecule has 3 nitrogen and oxygen atoms in total. The van der Waals surface area contributed by atoms with Gasteiger partial charge in [0.2, 0.25) is 0 Å². The lowest BCUT2D eigenvalue weighted by atomic mass is 10.0. The van der Waals surface area contributed by atoms with Crippen molar-refractivity contribution in [1.82, 2.24) is 0 Å². The smallest absolute Gasteiger partial charge is 0.105 e. The summed E-state index contributed by atoms with van der Waals surface area (Å²) in [5, 5.41) is 10.0. The van der Waals surface area contributed by atoms with Gasteiger partial charge < -0.3 is 14.6 Å². The maximum atomic E-state index is 10.0. The average Bonchev–Trinajstić information content (AvgIpc) is 3.06. The van der Waals surface area contributed by atoms with Gasteiger partial charge in [-0.25, -0.2) is 0 Å². The number of methoxy groups -OCH3 is 2. The Bertz CT molecular complexity index is 358. The van der Waals surface area contributed by atoms with Crippen LogP contribution in [0.5, 0.6) is 0 Å². The van der Waals surface area contributed by atoms with Gasteiger partial charge in [-0.1, -0.05) is 24.3 Å². The molecule has 1 unspecified atom stereocenters. The predicted octanol–water partition coefficient (Wildman–Crippen LogP) is 2.00. The molecule has 1 aromatic carbocycles. The van der Waals surface area contributed by atoms with Crippen LogP contribution in [0.4, 0.5) is 0 Å². The molecular formula is C13H18O3. The minimum atomic E-state index is -0.582. The van der Waals surface area contributed by atoms with E-state index in [4.69, 9.17) is 9.47 Å². The Morgan fingerprint density at radius 3 is 2.69 bits per heavy atom. The first-order chi connectivity index (χ1) is 7.69. The zero-order valence-electron chi connectivity index (χ0n) is 9.77. The molecule has 16 heavy (non-hydrogen) atoms. The van der Waals surface area contributed by atoms with Crippen LogP contribution in [0.15, 0.2) is 24.3 Å². The summed E-state index contributed by atoms with van der Waals surface area (Å²) in [6, 6.07) is 7.95. The summed E-state index contributed by atoms with van der Waals surface area (Å²) >= 11 is 0. The Morgan fingerprint density at radius 2 is 2.12 bits per heavy atom. The summed E-state index contributed by atoms with van der Waals surface area (Å²) in [7, 11) is 3.33. The number of rotatable bonds is 5. The van der Waals surface area contributed by atoms with Crippen LogP contribution in [0.25, 0.3) is 0 Å². The van der Waals surface area contributed by atoms with Crippen LogP contribution < -0.4 is 0 Å². The third-order valence-corrected chi connectivity index (χ3v) is 3.12. The lowest BCUT2D eigenvalue weighted by Gasteiger charge is -2.17. The van der Waals surface area contributed by atoms with Gasteiger partial charge in [0, 0.05) is 14.2 Å². The summed E-state index contributed by atoms with van der Waals surface area (Å²) in [6.45, 7) is 0.526. The van der Waals surface area contributed by atoms with Gasteiger partial charge in [0.15, 0.2) is 0 Å². The molecule has 88 valence electrons. The second-order valence-electron chi connectivity index (χ2n) is 4.34. The van der Waals surface area contributed by atoms with Crippen LogP contribution >= 0.6 is 0 Å². The summed E-state index contributed by atoms with van der Waals surface area (Å²) < 4.78 is 10.5. The first-order valence-electron chi connectivity index (χ1n) is 5.54. The third kappa shape index (κ3) is 2.26. The summed E-state index contributed by atoms with van der Waals surface area (Å²) in [4.78, 5) is 0. The molecule has 0 radical (unpaired) electrons. The summed E-state index contributed by atoms with van der Waals surface area (Å²) in [6.07, 6.45) is 1.66. The molecule has 3 heteroatoms. The maximum Gasteiger partial charge on any atom is 0.105 e. The van der Waals surface area contributed by atoms with Gasteiger partial charge in [-0.05, 0) is 24.0 Å². The number of hydrogen-bond acceptors (Lipinski definition) is 3. The Balaban J connectivity index is 2.20. The van der Waals surface area contributed by atoms with Crippen molar-refractivity contribution in [2.45, 2.75) is 24.5 Å². The second kappa shape index (κ2) is 4.53. The Hall–Kier alpha value is -0.900. The quantitative estimate of drug-likeness (QED) is 0.828. The highest BCUT2D eigenvalue weighted by molar-refractivity contribution is 5.32. The van der Waals surface area contributed by atoms with Crippen molar-refractivity contribution < 1.29 is 14.6 Å². The third-order valence-electron chi connectivity index (χ3n) is 3.12. The topological polar surface area (TPSA) is 38.7 Å². The van der Waals surface area contributed by atoms with Crippen LogP contribution in [-0.4, -0.2) is 25.9 Å². The Kier molecular flexibility index (Phi) is 3.28. The van der Waals surface area contributed by atoms with Crippen LogP contribution in [0.1, 0.15) is 30.1 Å². The highest BCUT2D eigenvalue weighted by atomic mass is 16.5. The van der Waals surface area contributed by atoms with E-state index in [1.807, 2.05) is 24.3 Å². The molecule has 1 aliphatic rings.